The molecule has 0 aliphatic rings. The van der Waals surface area contributed by atoms with Gasteiger partial charge in [0.25, 0.3) is 5.91 Å². The van der Waals surface area contributed by atoms with E-state index in [-0.39, 0.29) is 11.6 Å². The number of fused-ring (bicyclic) bond motifs is 1. The lowest BCUT2D eigenvalue weighted by atomic mass is 10.1. The number of hydrogen-bond donors (Lipinski definition) is 2. The molecule has 104 valence electrons. The second kappa shape index (κ2) is 5.16. The maximum atomic E-state index is 11.5. The Kier molecular flexibility index (Phi) is 3.56. The van der Waals surface area contributed by atoms with E-state index >= 15 is 0 Å². The lowest BCUT2D eigenvalue weighted by Gasteiger charge is -2.12. The number of methoxy groups -OCH3 is 1. The minimum absolute atomic E-state index is 0.0556. The van der Waals surface area contributed by atoms with Crippen molar-refractivity contribution in [1.29, 1.82) is 0 Å². The summed E-state index contributed by atoms with van der Waals surface area (Å²) < 4.78 is 5.17. The summed E-state index contributed by atoms with van der Waals surface area (Å²) in [5.74, 6) is -0.645. The van der Waals surface area contributed by atoms with Crippen molar-refractivity contribution in [1.82, 2.24) is 4.98 Å². The monoisotopic (exact) mass is 274 g/mol. The third kappa shape index (κ3) is 2.27. The summed E-state index contributed by atoms with van der Waals surface area (Å²) in [6, 6.07) is 3.29. The topological polar surface area (TPSA) is 88.5 Å². The number of rotatable bonds is 3. The van der Waals surface area contributed by atoms with Gasteiger partial charge in [0.2, 0.25) is 5.78 Å². The van der Waals surface area contributed by atoms with Gasteiger partial charge < -0.3 is 15.2 Å². The van der Waals surface area contributed by atoms with Gasteiger partial charge in [0, 0.05) is 29.5 Å². The van der Waals surface area contributed by atoms with E-state index in [2.05, 4.69) is 10.3 Å². The number of hydrogen-bond acceptors (Lipinski definition) is 5. The first-order valence-electron chi connectivity index (χ1n) is 5.93. The third-order valence-electron chi connectivity index (χ3n) is 3.02. The molecule has 0 aliphatic carbocycles. The van der Waals surface area contributed by atoms with Crippen LogP contribution in [0.1, 0.15) is 12.5 Å². The van der Waals surface area contributed by atoms with Crippen LogP contribution in [0.3, 0.4) is 0 Å². The van der Waals surface area contributed by atoms with E-state index in [1.165, 1.54) is 20.2 Å². The van der Waals surface area contributed by atoms with Gasteiger partial charge in [0.1, 0.15) is 17.3 Å². The number of nitrogens with one attached hydrogen (secondary N) is 1. The van der Waals surface area contributed by atoms with Crippen molar-refractivity contribution >= 4 is 28.3 Å². The summed E-state index contributed by atoms with van der Waals surface area (Å²) in [6.07, 6.45) is 1.45. The molecule has 6 heteroatoms. The quantitative estimate of drug-likeness (QED) is 0.833. The Hall–Kier alpha value is -2.63. The number of Topliss-reactive ketones (excluding diaryl/α,β-unsaturated/α-hetero) is 1. The third-order valence-corrected chi connectivity index (χ3v) is 3.02. The molecule has 1 aromatic heterocycles. The van der Waals surface area contributed by atoms with Crippen LogP contribution >= 0.6 is 0 Å². The first kappa shape index (κ1) is 13.8. The number of aromatic hydroxyl groups is 1. The summed E-state index contributed by atoms with van der Waals surface area (Å²) in [5, 5.41) is 13.6. The van der Waals surface area contributed by atoms with Gasteiger partial charge in [0.15, 0.2) is 0 Å². The molecule has 0 aliphatic heterocycles. The Morgan fingerprint density at radius 2 is 2.05 bits per heavy atom. The number of anilines is 1. The molecule has 1 heterocycles. The van der Waals surface area contributed by atoms with E-state index in [1.807, 2.05) is 0 Å². The summed E-state index contributed by atoms with van der Waals surface area (Å²) in [7, 11) is 1.48. The molecule has 0 saturated carbocycles. The van der Waals surface area contributed by atoms with Crippen LogP contribution in [-0.4, -0.2) is 28.9 Å². The predicted molar refractivity (Wildman–Crippen MR) is 74.0 cm³/mol. The van der Waals surface area contributed by atoms with E-state index in [9.17, 15) is 14.7 Å². The highest BCUT2D eigenvalue weighted by Gasteiger charge is 2.15. The molecule has 20 heavy (non-hydrogen) atoms. The lowest BCUT2D eigenvalue weighted by Crippen LogP contribution is -2.20. The molecule has 0 radical (unpaired) electrons. The van der Waals surface area contributed by atoms with E-state index < -0.39 is 11.7 Å². The maximum Gasteiger partial charge on any atom is 0.292 e. The van der Waals surface area contributed by atoms with Crippen molar-refractivity contribution in [2.75, 3.05) is 12.4 Å². The zero-order valence-electron chi connectivity index (χ0n) is 11.4. The molecule has 2 N–H and O–H groups in total. The highest BCUT2D eigenvalue weighted by Crippen LogP contribution is 2.37. The average Bonchev–Trinajstić information content (AvgIpc) is 2.43. The molecule has 0 saturated heterocycles. The number of benzene rings is 1. The fourth-order valence-electron chi connectivity index (χ4n) is 1.89. The van der Waals surface area contributed by atoms with Crippen LogP contribution in [0.15, 0.2) is 18.3 Å². The smallest absolute Gasteiger partial charge is 0.292 e. The molecule has 0 bridgehead atoms. The van der Waals surface area contributed by atoms with Crippen molar-refractivity contribution in [3.8, 4) is 11.5 Å². The number of nitrogens with zero attached hydrogens (tertiary/aromatic N) is 1. The highest BCUT2D eigenvalue weighted by molar-refractivity contribution is 6.40. The van der Waals surface area contributed by atoms with E-state index in [0.29, 0.717) is 22.1 Å². The van der Waals surface area contributed by atoms with Gasteiger partial charge in [-0.3, -0.25) is 9.59 Å². The van der Waals surface area contributed by atoms with E-state index in [0.717, 1.165) is 0 Å². The lowest BCUT2D eigenvalue weighted by molar-refractivity contribution is -0.133. The number of amides is 1. The molecule has 1 aromatic carbocycles. The van der Waals surface area contributed by atoms with Gasteiger partial charge in [-0.05, 0) is 19.1 Å². The van der Waals surface area contributed by atoms with Gasteiger partial charge in [-0.15, -0.1) is 0 Å². The SMILES string of the molecule is COc1cc2c(NC(=O)C(C)=O)nccc2c(O)c1C. The summed E-state index contributed by atoms with van der Waals surface area (Å²) in [5.41, 5.74) is 0.593. The second-order valence-electron chi connectivity index (χ2n) is 4.32. The van der Waals surface area contributed by atoms with Crippen molar-refractivity contribution in [3.05, 3.63) is 23.9 Å². The number of pyridine rings is 1. The number of aromatic nitrogens is 1. The Morgan fingerprint density at radius 3 is 2.65 bits per heavy atom. The summed E-state index contributed by atoms with van der Waals surface area (Å²) in [4.78, 5) is 26.5. The minimum atomic E-state index is -0.760. The molecular formula is C14H14N2O4. The van der Waals surface area contributed by atoms with Crippen LogP contribution in [0.4, 0.5) is 5.82 Å². The van der Waals surface area contributed by atoms with Crippen molar-refractivity contribution in [2.24, 2.45) is 0 Å². The molecule has 0 unspecified atom stereocenters. The van der Waals surface area contributed by atoms with Crippen LogP contribution in [0.2, 0.25) is 0 Å². The first-order chi connectivity index (χ1) is 9.45. The van der Waals surface area contributed by atoms with Crippen LogP contribution < -0.4 is 10.1 Å². The minimum Gasteiger partial charge on any atom is -0.507 e. The number of phenols is 1. The maximum absolute atomic E-state index is 11.5. The number of carbonyl (C=O) groups is 2. The second-order valence-corrected chi connectivity index (χ2v) is 4.32. The fourth-order valence-corrected chi connectivity index (χ4v) is 1.89. The zero-order valence-corrected chi connectivity index (χ0v) is 11.4. The zero-order chi connectivity index (χ0) is 14.9. The number of phenolic OH excluding ortho intramolecular Hbond substituents is 1. The highest BCUT2D eigenvalue weighted by atomic mass is 16.5. The molecule has 0 spiro atoms. The van der Waals surface area contributed by atoms with Crippen molar-refractivity contribution in [3.63, 3.8) is 0 Å². The van der Waals surface area contributed by atoms with Gasteiger partial charge >= 0.3 is 0 Å². The standard InChI is InChI=1S/C14H14N2O4/c1-7-11(20-3)6-10-9(12(7)18)4-5-15-13(10)16-14(19)8(2)17/h4-6,18H,1-3H3,(H,15,16,19). The molecule has 0 fully saturated rings. The van der Waals surface area contributed by atoms with Gasteiger partial charge in [-0.1, -0.05) is 0 Å². The summed E-state index contributed by atoms with van der Waals surface area (Å²) >= 11 is 0. The molecule has 6 nitrogen and oxygen atoms in total. The normalized spacial score (nSPS) is 10.3. The van der Waals surface area contributed by atoms with Crippen molar-refractivity contribution < 1.29 is 19.4 Å². The van der Waals surface area contributed by atoms with Crippen molar-refractivity contribution in [2.45, 2.75) is 13.8 Å². The molecule has 1 amide bonds. The Bertz CT molecular complexity index is 710. The Balaban J connectivity index is 2.65. The average molecular weight is 274 g/mol. The Morgan fingerprint density at radius 1 is 1.35 bits per heavy atom. The largest absolute Gasteiger partial charge is 0.507 e. The molecular weight excluding hydrogens is 260 g/mol. The van der Waals surface area contributed by atoms with Gasteiger partial charge in [-0.25, -0.2) is 4.98 Å². The van der Waals surface area contributed by atoms with Gasteiger partial charge in [0.05, 0.1) is 7.11 Å². The van der Waals surface area contributed by atoms with Gasteiger partial charge in [-0.2, -0.15) is 0 Å². The Labute approximate surface area is 115 Å². The first-order valence-corrected chi connectivity index (χ1v) is 5.93. The van der Waals surface area contributed by atoms with Crippen LogP contribution in [0.25, 0.3) is 10.8 Å². The summed E-state index contributed by atoms with van der Waals surface area (Å²) in [6.45, 7) is 2.89. The molecule has 2 rings (SSSR count). The predicted octanol–water partition coefficient (Wildman–Crippen LogP) is 1.78. The molecule has 0 atom stereocenters. The molecule has 2 aromatic rings. The van der Waals surface area contributed by atoms with Crippen LogP contribution in [0.5, 0.6) is 11.5 Å². The number of ether oxygens (including phenoxy) is 1. The van der Waals surface area contributed by atoms with Crippen LogP contribution in [-0.2, 0) is 9.59 Å². The number of ketones is 1. The van der Waals surface area contributed by atoms with E-state index in [1.54, 1.807) is 19.1 Å². The van der Waals surface area contributed by atoms with E-state index in [4.69, 9.17) is 4.74 Å². The van der Waals surface area contributed by atoms with Crippen LogP contribution in [0, 0.1) is 6.92 Å². The fraction of sp³-hybridized carbons (Fsp3) is 0.214. The number of carbonyl (C=O) groups excluding carboxylic acids is 2.